The Morgan fingerprint density at radius 3 is 2.05 bits per heavy atom. The number of hydrogen-bond donors (Lipinski definition) is 4. The molecule has 3 rings (SSSR count). The van der Waals surface area contributed by atoms with Crippen LogP contribution in [0.1, 0.15) is 0 Å². The molecule has 0 unspecified atom stereocenters. The summed E-state index contributed by atoms with van der Waals surface area (Å²) in [4.78, 5) is 0. The highest BCUT2D eigenvalue weighted by Crippen LogP contribution is 2.30. The van der Waals surface area contributed by atoms with E-state index in [1.165, 1.54) is 28.9 Å². The molecule has 1 aromatic heterocycles. The maximum Gasteiger partial charge on any atom is 0.159 e. The first-order valence-electron chi connectivity index (χ1n) is 6.15. The number of benzene rings is 2. The molecular weight excluding hydrogens is 272 g/mol. The van der Waals surface area contributed by atoms with Crippen LogP contribution >= 0.6 is 0 Å². The molecule has 0 atom stereocenters. The molecule has 0 saturated carbocycles. The Labute approximate surface area is 119 Å². The topological polar surface area (TPSA) is 98.7 Å². The Balaban J connectivity index is 1.99. The predicted octanol–water partition coefficient (Wildman–Crippen LogP) is 2.36. The summed E-state index contributed by atoms with van der Waals surface area (Å²) in [6.07, 6.45) is 1.69. The van der Waals surface area contributed by atoms with E-state index in [1.54, 1.807) is 24.4 Å². The molecule has 4 N–H and O–H groups in total. The van der Waals surface area contributed by atoms with Gasteiger partial charge in [-0.25, -0.2) is 4.68 Å². The fraction of sp³-hybridized carbons (Fsp3) is 0. The van der Waals surface area contributed by atoms with Crippen LogP contribution in [0.25, 0.3) is 16.9 Å². The van der Waals surface area contributed by atoms with Gasteiger partial charge < -0.3 is 20.4 Å². The lowest BCUT2D eigenvalue weighted by Crippen LogP contribution is -1.94. The third kappa shape index (κ3) is 2.34. The van der Waals surface area contributed by atoms with Gasteiger partial charge in [-0.15, -0.1) is 0 Å². The summed E-state index contributed by atoms with van der Waals surface area (Å²) in [5.74, 6) is -0.840. The standard InChI is InChI=1S/C15H12N2O4/c18-12-3-1-9(7-14(12)20)11-5-6-17(16-11)10-2-4-13(19)15(21)8-10/h1-8,18-21H. The molecule has 0 aliphatic rings. The van der Waals surface area contributed by atoms with E-state index in [0.717, 1.165) is 0 Å². The zero-order chi connectivity index (χ0) is 15.0. The Hall–Kier alpha value is -3.15. The predicted molar refractivity (Wildman–Crippen MR) is 75.7 cm³/mol. The maximum absolute atomic E-state index is 9.51. The van der Waals surface area contributed by atoms with Gasteiger partial charge in [-0.2, -0.15) is 5.10 Å². The average molecular weight is 284 g/mol. The molecule has 3 aromatic rings. The van der Waals surface area contributed by atoms with Crippen molar-refractivity contribution < 1.29 is 20.4 Å². The lowest BCUT2D eigenvalue weighted by Gasteiger charge is -2.04. The second kappa shape index (κ2) is 4.75. The molecule has 0 amide bonds. The van der Waals surface area contributed by atoms with Crippen LogP contribution in [0.3, 0.4) is 0 Å². The molecule has 6 heteroatoms. The third-order valence-corrected chi connectivity index (χ3v) is 3.08. The highest BCUT2D eigenvalue weighted by molar-refractivity contribution is 5.63. The summed E-state index contributed by atoms with van der Waals surface area (Å²) in [6, 6.07) is 10.5. The SMILES string of the molecule is Oc1ccc(-c2ccn(-c3ccc(O)c(O)c3)n2)cc1O. The lowest BCUT2D eigenvalue weighted by atomic mass is 10.1. The first kappa shape index (κ1) is 12.9. The Morgan fingerprint density at radius 2 is 1.38 bits per heavy atom. The molecule has 106 valence electrons. The zero-order valence-corrected chi connectivity index (χ0v) is 10.8. The monoisotopic (exact) mass is 284 g/mol. The molecular formula is C15H12N2O4. The van der Waals surface area contributed by atoms with Crippen LogP contribution in [0.4, 0.5) is 0 Å². The fourth-order valence-corrected chi connectivity index (χ4v) is 1.96. The van der Waals surface area contributed by atoms with E-state index in [-0.39, 0.29) is 23.0 Å². The van der Waals surface area contributed by atoms with Crippen molar-refractivity contribution in [2.24, 2.45) is 0 Å². The van der Waals surface area contributed by atoms with Gasteiger partial charge in [-0.3, -0.25) is 0 Å². The number of hydrogen-bond acceptors (Lipinski definition) is 5. The van der Waals surface area contributed by atoms with Crippen molar-refractivity contribution in [2.75, 3.05) is 0 Å². The fourth-order valence-electron chi connectivity index (χ4n) is 1.96. The van der Waals surface area contributed by atoms with Gasteiger partial charge in [0.25, 0.3) is 0 Å². The van der Waals surface area contributed by atoms with Gasteiger partial charge in [-0.1, -0.05) is 0 Å². The minimum Gasteiger partial charge on any atom is -0.504 e. The molecule has 2 aromatic carbocycles. The average Bonchev–Trinajstić information content (AvgIpc) is 2.94. The Morgan fingerprint density at radius 1 is 0.714 bits per heavy atom. The van der Waals surface area contributed by atoms with Crippen LogP contribution in [0.15, 0.2) is 48.7 Å². The lowest BCUT2D eigenvalue weighted by molar-refractivity contribution is 0.403. The number of aromatic nitrogens is 2. The summed E-state index contributed by atoms with van der Waals surface area (Å²) in [5.41, 5.74) is 1.82. The van der Waals surface area contributed by atoms with Crippen LogP contribution in [-0.4, -0.2) is 30.2 Å². The van der Waals surface area contributed by atoms with E-state index < -0.39 is 0 Å². The second-order valence-electron chi connectivity index (χ2n) is 4.52. The third-order valence-electron chi connectivity index (χ3n) is 3.08. The number of phenolic OH excluding ortho intramolecular Hbond substituents is 4. The van der Waals surface area contributed by atoms with Gasteiger partial charge in [0.05, 0.1) is 11.4 Å². The minimum atomic E-state index is -0.230. The van der Waals surface area contributed by atoms with E-state index in [9.17, 15) is 20.4 Å². The van der Waals surface area contributed by atoms with Gasteiger partial charge in [0.2, 0.25) is 0 Å². The molecule has 0 aliphatic heterocycles. The summed E-state index contributed by atoms with van der Waals surface area (Å²) in [5, 5.41) is 41.9. The summed E-state index contributed by atoms with van der Waals surface area (Å²) in [7, 11) is 0. The number of rotatable bonds is 2. The van der Waals surface area contributed by atoms with E-state index in [0.29, 0.717) is 16.9 Å². The summed E-state index contributed by atoms with van der Waals surface area (Å²) >= 11 is 0. The minimum absolute atomic E-state index is 0.193. The van der Waals surface area contributed by atoms with E-state index in [2.05, 4.69) is 5.10 Å². The molecule has 0 bridgehead atoms. The van der Waals surface area contributed by atoms with Crippen molar-refractivity contribution in [3.63, 3.8) is 0 Å². The Bertz CT molecular complexity index is 745. The van der Waals surface area contributed by atoms with E-state index in [1.807, 2.05) is 0 Å². The van der Waals surface area contributed by atoms with Crippen LogP contribution < -0.4 is 0 Å². The van der Waals surface area contributed by atoms with Crippen LogP contribution in [0.5, 0.6) is 23.0 Å². The van der Waals surface area contributed by atoms with Crippen molar-refractivity contribution in [2.45, 2.75) is 0 Å². The molecule has 6 nitrogen and oxygen atoms in total. The number of aromatic hydroxyl groups is 4. The summed E-state index contributed by atoms with van der Waals surface area (Å²) < 4.78 is 1.53. The maximum atomic E-state index is 9.51. The Kier molecular flexibility index (Phi) is 2.91. The van der Waals surface area contributed by atoms with E-state index >= 15 is 0 Å². The van der Waals surface area contributed by atoms with Crippen molar-refractivity contribution in [1.29, 1.82) is 0 Å². The number of nitrogens with zero attached hydrogens (tertiary/aromatic N) is 2. The van der Waals surface area contributed by atoms with E-state index in [4.69, 9.17) is 0 Å². The van der Waals surface area contributed by atoms with Gasteiger partial charge in [-0.05, 0) is 36.4 Å². The second-order valence-corrected chi connectivity index (χ2v) is 4.52. The molecule has 1 heterocycles. The molecule has 0 aliphatic carbocycles. The van der Waals surface area contributed by atoms with Crippen molar-refractivity contribution >= 4 is 0 Å². The van der Waals surface area contributed by atoms with Gasteiger partial charge in [0.15, 0.2) is 23.0 Å². The largest absolute Gasteiger partial charge is 0.504 e. The van der Waals surface area contributed by atoms with Crippen molar-refractivity contribution in [3.05, 3.63) is 48.7 Å². The van der Waals surface area contributed by atoms with Crippen molar-refractivity contribution in [3.8, 4) is 39.9 Å². The molecule has 21 heavy (non-hydrogen) atoms. The zero-order valence-electron chi connectivity index (χ0n) is 10.8. The molecule has 0 saturated heterocycles. The van der Waals surface area contributed by atoms with Gasteiger partial charge >= 0.3 is 0 Å². The smallest absolute Gasteiger partial charge is 0.159 e. The highest BCUT2D eigenvalue weighted by atomic mass is 16.3. The van der Waals surface area contributed by atoms with Crippen molar-refractivity contribution in [1.82, 2.24) is 9.78 Å². The first-order valence-corrected chi connectivity index (χ1v) is 6.15. The summed E-state index contributed by atoms with van der Waals surface area (Å²) in [6.45, 7) is 0. The molecule has 0 spiro atoms. The van der Waals surface area contributed by atoms with Crippen LogP contribution in [-0.2, 0) is 0 Å². The first-order chi connectivity index (χ1) is 10.0. The van der Waals surface area contributed by atoms with Crippen LogP contribution in [0, 0.1) is 0 Å². The molecule has 0 radical (unpaired) electrons. The van der Waals surface area contributed by atoms with Gasteiger partial charge in [0.1, 0.15) is 0 Å². The quantitative estimate of drug-likeness (QED) is 0.541. The normalized spacial score (nSPS) is 10.7. The number of phenols is 4. The highest BCUT2D eigenvalue weighted by Gasteiger charge is 2.08. The van der Waals surface area contributed by atoms with Crippen LogP contribution in [0.2, 0.25) is 0 Å². The van der Waals surface area contributed by atoms with Gasteiger partial charge in [0, 0.05) is 17.8 Å². The molecule has 0 fully saturated rings.